The highest BCUT2D eigenvalue weighted by Gasteiger charge is 2.34. The van der Waals surface area contributed by atoms with E-state index in [0.29, 0.717) is 11.4 Å². The molecule has 0 aliphatic carbocycles. The van der Waals surface area contributed by atoms with E-state index in [1.54, 1.807) is 6.20 Å². The zero-order valence-electron chi connectivity index (χ0n) is 16.7. The van der Waals surface area contributed by atoms with E-state index in [0.717, 1.165) is 17.7 Å². The Morgan fingerprint density at radius 2 is 1.84 bits per heavy atom. The average molecular weight is 426 g/mol. The molecule has 0 amide bonds. The fourth-order valence-corrected chi connectivity index (χ4v) is 3.21. The first kappa shape index (κ1) is 20.6. The zero-order chi connectivity index (χ0) is 21.8. The summed E-state index contributed by atoms with van der Waals surface area (Å²) in [5.41, 5.74) is -0.215. The van der Waals surface area contributed by atoms with E-state index in [1.807, 2.05) is 31.2 Å². The maximum Gasteiger partial charge on any atom is 0.137 e. The Bertz CT molecular complexity index is 1150. The van der Waals surface area contributed by atoms with Crippen molar-refractivity contribution in [3.63, 3.8) is 0 Å². The Morgan fingerprint density at radius 3 is 2.55 bits per heavy atom. The molecule has 31 heavy (non-hydrogen) atoms. The van der Waals surface area contributed by atoms with E-state index in [2.05, 4.69) is 20.4 Å². The molecule has 4 rings (SSSR count). The third-order valence-corrected chi connectivity index (χ3v) is 4.74. The van der Waals surface area contributed by atoms with Gasteiger partial charge in [-0.3, -0.25) is 0 Å². The Hall–Kier alpha value is -3.66. The predicted octanol–water partition coefficient (Wildman–Crippen LogP) is 2.62. The quantitative estimate of drug-likeness (QED) is 0.466. The number of aliphatic hydroxyl groups is 1. The van der Waals surface area contributed by atoms with E-state index in [-0.39, 0.29) is 25.3 Å². The van der Waals surface area contributed by atoms with E-state index in [9.17, 15) is 13.9 Å². The van der Waals surface area contributed by atoms with Gasteiger partial charge < -0.3 is 9.84 Å². The van der Waals surface area contributed by atoms with Gasteiger partial charge in [-0.2, -0.15) is 5.10 Å². The molecule has 0 bridgehead atoms. The van der Waals surface area contributed by atoms with Crippen LogP contribution in [0.1, 0.15) is 16.8 Å². The largest absolute Gasteiger partial charge is 0.487 e. The molecule has 0 fully saturated rings. The first-order chi connectivity index (χ1) is 14.9. The smallest absolute Gasteiger partial charge is 0.137 e. The predicted molar refractivity (Wildman–Crippen MR) is 106 cm³/mol. The van der Waals surface area contributed by atoms with Crippen LogP contribution in [0, 0.1) is 18.6 Å². The third-order valence-electron chi connectivity index (χ3n) is 4.74. The second kappa shape index (κ2) is 8.60. The van der Waals surface area contributed by atoms with E-state index >= 15 is 0 Å². The van der Waals surface area contributed by atoms with Crippen LogP contribution in [0.25, 0.3) is 0 Å². The van der Waals surface area contributed by atoms with Crippen LogP contribution in [-0.2, 0) is 25.3 Å². The van der Waals surface area contributed by atoms with Gasteiger partial charge in [0.1, 0.15) is 47.9 Å². The van der Waals surface area contributed by atoms with Crippen LogP contribution in [0.3, 0.4) is 0 Å². The maximum atomic E-state index is 14.5. The normalized spacial score (nSPS) is 13.2. The monoisotopic (exact) mass is 426 g/mol. The third kappa shape index (κ3) is 4.92. The number of aryl methyl sites for hydroxylation is 1. The van der Waals surface area contributed by atoms with Crippen LogP contribution in [0.15, 0.2) is 61.3 Å². The lowest BCUT2D eigenvalue weighted by Gasteiger charge is -2.28. The van der Waals surface area contributed by atoms with Crippen molar-refractivity contribution in [1.29, 1.82) is 0 Å². The standard InChI is InChI=1S/C21H20F2N6O2/c1-15-2-5-18(6-3-15)31-10-17-9-28(27-26-17)11-21(30,12-29-14-24-13-25-29)19-7-4-16(22)8-20(19)23/h2-9,13-14,30H,10-12H2,1H3. The van der Waals surface area contributed by atoms with Crippen molar-refractivity contribution >= 4 is 0 Å². The molecule has 1 N–H and O–H groups in total. The molecular formula is C21H20F2N6O2. The number of rotatable bonds is 8. The number of benzene rings is 2. The van der Waals surface area contributed by atoms with Gasteiger partial charge in [0.2, 0.25) is 0 Å². The van der Waals surface area contributed by atoms with Crippen molar-refractivity contribution in [1.82, 2.24) is 29.8 Å². The van der Waals surface area contributed by atoms with Gasteiger partial charge in [0.15, 0.2) is 0 Å². The maximum absolute atomic E-state index is 14.5. The molecule has 1 atom stereocenters. The molecule has 0 aliphatic heterocycles. The number of nitrogens with zero attached hydrogens (tertiary/aromatic N) is 6. The SMILES string of the molecule is Cc1ccc(OCc2cn(CC(O)(Cn3cncn3)c3ccc(F)cc3F)nn2)cc1. The van der Waals surface area contributed by atoms with Gasteiger partial charge in [-0.25, -0.2) is 23.1 Å². The van der Waals surface area contributed by atoms with Crippen molar-refractivity contribution in [2.75, 3.05) is 0 Å². The summed E-state index contributed by atoms with van der Waals surface area (Å²) >= 11 is 0. The topological polar surface area (TPSA) is 90.9 Å². The first-order valence-corrected chi connectivity index (χ1v) is 9.50. The van der Waals surface area contributed by atoms with Crippen molar-refractivity contribution in [2.24, 2.45) is 0 Å². The Labute approximate surface area is 176 Å². The Balaban J connectivity index is 1.53. The molecule has 1 unspecified atom stereocenters. The average Bonchev–Trinajstić information content (AvgIpc) is 3.39. The second-order valence-electron chi connectivity index (χ2n) is 7.26. The van der Waals surface area contributed by atoms with Crippen molar-refractivity contribution in [2.45, 2.75) is 32.2 Å². The summed E-state index contributed by atoms with van der Waals surface area (Å²) < 4.78 is 36.3. The molecule has 4 aromatic rings. The minimum Gasteiger partial charge on any atom is -0.487 e. The minimum atomic E-state index is -1.78. The lowest BCUT2D eigenvalue weighted by Crippen LogP contribution is -2.37. The van der Waals surface area contributed by atoms with Crippen molar-refractivity contribution < 1.29 is 18.6 Å². The number of hydrogen-bond donors (Lipinski definition) is 1. The molecule has 0 spiro atoms. The van der Waals surface area contributed by atoms with Crippen LogP contribution < -0.4 is 4.74 Å². The first-order valence-electron chi connectivity index (χ1n) is 9.50. The van der Waals surface area contributed by atoms with Gasteiger partial charge in [-0.05, 0) is 25.1 Å². The number of aromatic nitrogens is 6. The molecule has 10 heteroatoms. The zero-order valence-corrected chi connectivity index (χ0v) is 16.7. The van der Waals surface area contributed by atoms with E-state index in [1.165, 1.54) is 28.1 Å². The van der Waals surface area contributed by atoms with Crippen molar-refractivity contribution in [3.8, 4) is 5.75 Å². The molecule has 0 saturated carbocycles. The molecule has 0 saturated heterocycles. The second-order valence-corrected chi connectivity index (χ2v) is 7.26. The Morgan fingerprint density at radius 1 is 1.06 bits per heavy atom. The lowest BCUT2D eigenvalue weighted by molar-refractivity contribution is -0.00892. The van der Waals surface area contributed by atoms with Gasteiger partial charge >= 0.3 is 0 Å². The lowest BCUT2D eigenvalue weighted by atomic mass is 9.93. The number of halogens is 2. The fourth-order valence-electron chi connectivity index (χ4n) is 3.21. The van der Waals surface area contributed by atoms with Crippen LogP contribution in [0.2, 0.25) is 0 Å². The van der Waals surface area contributed by atoms with Gasteiger partial charge in [0, 0.05) is 11.6 Å². The summed E-state index contributed by atoms with van der Waals surface area (Å²) in [7, 11) is 0. The fraction of sp³-hybridized carbons (Fsp3) is 0.238. The Kier molecular flexibility index (Phi) is 5.72. The highest BCUT2D eigenvalue weighted by atomic mass is 19.1. The van der Waals surface area contributed by atoms with E-state index in [4.69, 9.17) is 4.74 Å². The minimum absolute atomic E-state index is 0.0858. The summed E-state index contributed by atoms with van der Waals surface area (Å²) in [5.74, 6) is -0.914. The molecule has 2 heterocycles. The molecule has 160 valence electrons. The van der Waals surface area contributed by atoms with Gasteiger partial charge in [0.05, 0.1) is 19.3 Å². The van der Waals surface area contributed by atoms with Gasteiger partial charge in [0.25, 0.3) is 0 Å². The summed E-state index contributed by atoms with van der Waals surface area (Å²) in [6.07, 6.45) is 4.30. The number of hydrogen-bond acceptors (Lipinski definition) is 6. The highest BCUT2D eigenvalue weighted by molar-refractivity contribution is 5.27. The van der Waals surface area contributed by atoms with Crippen LogP contribution in [0.4, 0.5) is 8.78 Å². The molecule has 0 aliphatic rings. The van der Waals surface area contributed by atoms with Gasteiger partial charge in [-0.15, -0.1) is 5.10 Å². The van der Waals surface area contributed by atoms with Crippen molar-refractivity contribution in [3.05, 3.63) is 89.8 Å². The number of ether oxygens (including phenoxy) is 1. The summed E-state index contributed by atoms with van der Waals surface area (Å²) in [6, 6.07) is 10.6. The molecule has 2 aromatic heterocycles. The van der Waals surface area contributed by atoms with E-state index < -0.39 is 17.2 Å². The van der Waals surface area contributed by atoms with Crippen LogP contribution >= 0.6 is 0 Å². The summed E-state index contributed by atoms with van der Waals surface area (Å²) in [4.78, 5) is 3.84. The molecular weight excluding hydrogens is 406 g/mol. The summed E-state index contributed by atoms with van der Waals surface area (Å²) in [5, 5.41) is 23.4. The molecule has 8 nitrogen and oxygen atoms in total. The highest BCUT2D eigenvalue weighted by Crippen LogP contribution is 2.28. The van der Waals surface area contributed by atoms with Crippen LogP contribution in [0.5, 0.6) is 5.75 Å². The van der Waals surface area contributed by atoms with Gasteiger partial charge in [-0.1, -0.05) is 29.0 Å². The molecule has 2 aromatic carbocycles. The summed E-state index contributed by atoms with van der Waals surface area (Å²) in [6.45, 7) is 1.90. The van der Waals surface area contributed by atoms with Crippen LogP contribution in [-0.4, -0.2) is 34.9 Å². The molecule has 0 radical (unpaired) electrons.